The van der Waals surface area contributed by atoms with Gasteiger partial charge in [0.1, 0.15) is 0 Å². The van der Waals surface area contributed by atoms with Crippen LogP contribution in [0.3, 0.4) is 0 Å². The summed E-state index contributed by atoms with van der Waals surface area (Å²) >= 11 is 1.56. The Hall–Kier alpha value is -1.75. The number of aromatic nitrogens is 2. The normalized spacial score (nSPS) is 9.42. The molecular weight excluding hydrogens is 258 g/mol. The van der Waals surface area contributed by atoms with Crippen LogP contribution in [0.2, 0.25) is 0 Å². The molecule has 102 valence electrons. The minimum Gasteiger partial charge on any atom is -0.352 e. The van der Waals surface area contributed by atoms with Crippen molar-refractivity contribution in [1.82, 2.24) is 15.3 Å². The lowest BCUT2D eigenvalue weighted by molar-refractivity contribution is -0.120. The molecule has 0 aliphatic carbocycles. The first-order chi connectivity index (χ1) is 9.24. The van der Waals surface area contributed by atoms with Crippen LogP contribution in [0, 0.1) is 6.92 Å². The van der Waals surface area contributed by atoms with Crippen LogP contribution in [0.25, 0.3) is 0 Å². The van der Waals surface area contributed by atoms with E-state index in [9.17, 15) is 4.79 Å². The first-order valence-electron chi connectivity index (χ1n) is 6.30. The fourth-order valence-electron chi connectivity index (χ4n) is 1.42. The maximum atomic E-state index is 11.6. The molecule has 0 aromatic carbocycles. The maximum Gasteiger partial charge on any atom is 0.226 e. The summed E-state index contributed by atoms with van der Waals surface area (Å²) in [4.78, 5) is 19.9. The number of hydrogen-bond donors (Lipinski definition) is 1. The van der Waals surface area contributed by atoms with Crippen molar-refractivity contribution < 1.29 is 4.79 Å². The summed E-state index contributed by atoms with van der Waals surface area (Å²) in [6.07, 6.45) is 3.79. The first-order valence-corrected chi connectivity index (χ1v) is 7.18. The number of amides is 1. The van der Waals surface area contributed by atoms with E-state index >= 15 is 0 Å². The molecule has 0 atom stereocenters. The second kappa shape index (κ2) is 8.37. The van der Waals surface area contributed by atoms with Gasteiger partial charge < -0.3 is 5.32 Å². The van der Waals surface area contributed by atoms with E-state index in [1.807, 2.05) is 38.3 Å². The number of carbonyl (C=O) groups excluding carboxylic acids is 1. The van der Waals surface area contributed by atoms with E-state index in [2.05, 4.69) is 15.3 Å². The number of pyridine rings is 1. The Labute approximate surface area is 117 Å². The Balaban J connectivity index is 0.000000861. The standard InChI is InChI=1S/C12H13N3OS.C2H6/c1-9-15-11(8-17-9)5-12(16)14-7-10-3-2-4-13-6-10;1-2/h2-4,6,8H,5,7H2,1H3,(H,14,16);1-2H3. The number of nitrogens with zero attached hydrogens (tertiary/aromatic N) is 2. The average molecular weight is 277 g/mol. The second-order valence-electron chi connectivity index (χ2n) is 3.67. The molecule has 4 nitrogen and oxygen atoms in total. The molecule has 0 aliphatic rings. The number of aryl methyl sites for hydroxylation is 1. The van der Waals surface area contributed by atoms with Gasteiger partial charge in [-0.25, -0.2) is 4.98 Å². The largest absolute Gasteiger partial charge is 0.352 e. The summed E-state index contributed by atoms with van der Waals surface area (Å²) < 4.78 is 0. The number of carbonyl (C=O) groups is 1. The van der Waals surface area contributed by atoms with Crippen molar-refractivity contribution in [3.8, 4) is 0 Å². The zero-order valence-electron chi connectivity index (χ0n) is 11.5. The van der Waals surface area contributed by atoms with Crippen LogP contribution in [0.15, 0.2) is 29.9 Å². The monoisotopic (exact) mass is 277 g/mol. The summed E-state index contributed by atoms with van der Waals surface area (Å²) in [7, 11) is 0. The molecular formula is C14H19N3OS. The first kappa shape index (κ1) is 15.3. The van der Waals surface area contributed by atoms with Gasteiger partial charge in [0.05, 0.1) is 17.1 Å². The van der Waals surface area contributed by atoms with Crippen molar-refractivity contribution >= 4 is 17.2 Å². The average Bonchev–Trinajstić information content (AvgIpc) is 2.85. The summed E-state index contributed by atoms with van der Waals surface area (Å²) in [6, 6.07) is 3.78. The highest BCUT2D eigenvalue weighted by atomic mass is 32.1. The van der Waals surface area contributed by atoms with Gasteiger partial charge in [-0.1, -0.05) is 19.9 Å². The van der Waals surface area contributed by atoms with Crippen molar-refractivity contribution in [3.05, 3.63) is 46.2 Å². The molecule has 0 spiro atoms. The van der Waals surface area contributed by atoms with Gasteiger partial charge in [0.15, 0.2) is 0 Å². The van der Waals surface area contributed by atoms with Crippen molar-refractivity contribution in [2.75, 3.05) is 0 Å². The topological polar surface area (TPSA) is 54.9 Å². The van der Waals surface area contributed by atoms with E-state index in [1.165, 1.54) is 0 Å². The molecule has 0 bridgehead atoms. The van der Waals surface area contributed by atoms with Gasteiger partial charge in [0.2, 0.25) is 5.91 Å². The van der Waals surface area contributed by atoms with E-state index < -0.39 is 0 Å². The predicted octanol–water partition coefficient (Wildman–Crippen LogP) is 2.73. The maximum absolute atomic E-state index is 11.6. The van der Waals surface area contributed by atoms with Crippen LogP contribution in [0.5, 0.6) is 0 Å². The van der Waals surface area contributed by atoms with Gasteiger partial charge in [-0.2, -0.15) is 0 Å². The highest BCUT2D eigenvalue weighted by Gasteiger charge is 2.05. The Bertz CT molecular complexity index is 496. The minimum atomic E-state index is -0.0147. The molecule has 0 unspecified atom stereocenters. The summed E-state index contributed by atoms with van der Waals surface area (Å²) in [5.74, 6) is -0.0147. The fourth-order valence-corrected chi connectivity index (χ4v) is 2.03. The minimum absolute atomic E-state index is 0.0147. The number of hydrogen-bond acceptors (Lipinski definition) is 4. The van der Waals surface area contributed by atoms with Gasteiger partial charge in [-0.05, 0) is 18.6 Å². The van der Waals surface area contributed by atoms with Crippen LogP contribution in [0.1, 0.15) is 30.1 Å². The zero-order chi connectivity index (χ0) is 14.1. The Morgan fingerprint density at radius 1 is 1.42 bits per heavy atom. The van der Waals surface area contributed by atoms with Crippen molar-refractivity contribution in [3.63, 3.8) is 0 Å². The Kier molecular flexibility index (Phi) is 6.74. The molecule has 0 saturated heterocycles. The smallest absolute Gasteiger partial charge is 0.226 e. The molecule has 0 radical (unpaired) electrons. The van der Waals surface area contributed by atoms with Crippen molar-refractivity contribution in [2.45, 2.75) is 33.7 Å². The number of thiazole rings is 1. The molecule has 5 heteroatoms. The molecule has 2 aromatic rings. The molecule has 1 N–H and O–H groups in total. The third-order valence-electron chi connectivity index (χ3n) is 2.22. The summed E-state index contributed by atoms with van der Waals surface area (Å²) in [5, 5.41) is 5.74. The molecule has 1 amide bonds. The molecule has 2 aromatic heterocycles. The summed E-state index contributed by atoms with van der Waals surface area (Å²) in [5.41, 5.74) is 1.83. The highest BCUT2D eigenvalue weighted by molar-refractivity contribution is 7.09. The van der Waals surface area contributed by atoms with Crippen LogP contribution >= 0.6 is 11.3 Å². The molecule has 0 aliphatic heterocycles. The van der Waals surface area contributed by atoms with Gasteiger partial charge in [0, 0.05) is 24.3 Å². The number of nitrogens with one attached hydrogen (secondary N) is 1. The molecule has 2 heterocycles. The van der Waals surface area contributed by atoms with Crippen molar-refractivity contribution in [1.29, 1.82) is 0 Å². The highest BCUT2D eigenvalue weighted by Crippen LogP contribution is 2.08. The summed E-state index contributed by atoms with van der Waals surface area (Å²) in [6.45, 7) is 6.44. The Morgan fingerprint density at radius 3 is 2.79 bits per heavy atom. The molecule has 0 fully saturated rings. The molecule has 19 heavy (non-hydrogen) atoms. The van der Waals surface area contributed by atoms with E-state index in [0.29, 0.717) is 13.0 Å². The van der Waals surface area contributed by atoms with E-state index in [4.69, 9.17) is 0 Å². The van der Waals surface area contributed by atoms with Gasteiger partial charge in [-0.15, -0.1) is 11.3 Å². The van der Waals surface area contributed by atoms with Gasteiger partial charge in [0.25, 0.3) is 0 Å². The molecule has 0 saturated carbocycles. The number of rotatable bonds is 4. The van der Waals surface area contributed by atoms with E-state index in [0.717, 1.165) is 16.3 Å². The van der Waals surface area contributed by atoms with E-state index in [1.54, 1.807) is 23.7 Å². The van der Waals surface area contributed by atoms with Gasteiger partial charge in [-0.3, -0.25) is 9.78 Å². The van der Waals surface area contributed by atoms with E-state index in [-0.39, 0.29) is 5.91 Å². The quantitative estimate of drug-likeness (QED) is 0.935. The van der Waals surface area contributed by atoms with Crippen LogP contribution in [-0.4, -0.2) is 15.9 Å². The van der Waals surface area contributed by atoms with Gasteiger partial charge >= 0.3 is 0 Å². The lowest BCUT2D eigenvalue weighted by Gasteiger charge is -2.03. The third kappa shape index (κ3) is 5.61. The molecule has 2 rings (SSSR count). The SMILES string of the molecule is CC.Cc1nc(CC(=O)NCc2cccnc2)cs1. The lowest BCUT2D eigenvalue weighted by Crippen LogP contribution is -2.24. The van der Waals surface area contributed by atoms with Crippen molar-refractivity contribution in [2.24, 2.45) is 0 Å². The lowest BCUT2D eigenvalue weighted by atomic mass is 10.2. The van der Waals surface area contributed by atoms with Crippen LogP contribution in [-0.2, 0) is 17.8 Å². The zero-order valence-corrected chi connectivity index (χ0v) is 12.3. The van der Waals surface area contributed by atoms with Crippen LogP contribution in [0.4, 0.5) is 0 Å². The fraction of sp³-hybridized carbons (Fsp3) is 0.357. The Morgan fingerprint density at radius 2 is 2.21 bits per heavy atom. The predicted molar refractivity (Wildman–Crippen MR) is 78.0 cm³/mol. The van der Waals surface area contributed by atoms with Crippen LogP contribution < -0.4 is 5.32 Å². The second-order valence-corrected chi connectivity index (χ2v) is 4.73. The third-order valence-corrected chi connectivity index (χ3v) is 3.04.